The fourth-order valence-corrected chi connectivity index (χ4v) is 4.13. The Morgan fingerprint density at radius 2 is 1.57 bits per heavy atom. The van der Waals surface area contributed by atoms with Gasteiger partial charge in [-0.1, -0.05) is 67.6 Å². The lowest BCUT2D eigenvalue weighted by molar-refractivity contribution is 0.0982. The van der Waals surface area contributed by atoms with E-state index in [0.717, 1.165) is 42.3 Å². The lowest BCUT2D eigenvalue weighted by Crippen LogP contribution is -2.30. The molecule has 3 rings (SSSR count). The Hall–Kier alpha value is -2.62. The monoisotopic (exact) mass is 567 g/mol. The molecule has 0 bridgehead atoms. The van der Waals surface area contributed by atoms with E-state index in [1.165, 1.54) is 5.56 Å². The Labute approximate surface area is 232 Å². The standard InChI is InChI=1S/C27H33N3O4S.2ClH/c1-3-16-29-25-18-23(13-14-24(25)27(32)30-35(2,33)34)21-11-9-20(10-12-21)15-17-28-19-26(31)22-7-5-4-6-8-22;;/h4-14,18,26,28-29,31H,3,15-17,19H2,1-2H3,(H,30,32);2*1H/t26-;;/m1../s1. The minimum atomic E-state index is -3.65. The van der Waals surface area contributed by atoms with E-state index in [1.807, 2.05) is 66.2 Å². The summed E-state index contributed by atoms with van der Waals surface area (Å²) in [5.41, 5.74) is 4.87. The second-order valence-corrected chi connectivity index (χ2v) is 10.2. The minimum absolute atomic E-state index is 0. The maximum atomic E-state index is 12.4. The molecule has 37 heavy (non-hydrogen) atoms. The summed E-state index contributed by atoms with van der Waals surface area (Å²) >= 11 is 0. The van der Waals surface area contributed by atoms with E-state index >= 15 is 0 Å². The van der Waals surface area contributed by atoms with Crippen molar-refractivity contribution in [3.8, 4) is 11.1 Å². The number of carbonyl (C=O) groups is 1. The Morgan fingerprint density at radius 1 is 0.919 bits per heavy atom. The maximum absolute atomic E-state index is 12.4. The van der Waals surface area contributed by atoms with Gasteiger partial charge in [0.1, 0.15) is 0 Å². The number of nitrogens with one attached hydrogen (secondary N) is 3. The third-order valence-electron chi connectivity index (χ3n) is 5.51. The van der Waals surface area contributed by atoms with Crippen LogP contribution in [0.4, 0.5) is 5.69 Å². The molecule has 0 saturated carbocycles. The number of anilines is 1. The molecule has 0 aliphatic rings. The van der Waals surface area contributed by atoms with Gasteiger partial charge in [-0.3, -0.25) is 4.79 Å². The second-order valence-electron chi connectivity index (χ2n) is 8.47. The predicted octanol–water partition coefficient (Wildman–Crippen LogP) is 4.57. The van der Waals surface area contributed by atoms with Crippen molar-refractivity contribution in [3.05, 3.63) is 89.5 Å². The van der Waals surface area contributed by atoms with Crippen LogP contribution in [0.25, 0.3) is 11.1 Å². The van der Waals surface area contributed by atoms with Crippen LogP contribution in [-0.4, -0.2) is 45.3 Å². The SMILES string of the molecule is CCCNc1cc(-c2ccc(CCNC[C@@H](O)c3ccccc3)cc2)ccc1C(=O)NS(C)(=O)=O.Cl.Cl. The Kier molecular flexibility index (Phi) is 13.7. The topological polar surface area (TPSA) is 108 Å². The molecule has 0 fully saturated rings. The fraction of sp³-hybridized carbons (Fsp3) is 0.296. The van der Waals surface area contributed by atoms with Crippen LogP contribution >= 0.6 is 24.8 Å². The van der Waals surface area contributed by atoms with Gasteiger partial charge in [-0.15, -0.1) is 24.8 Å². The third-order valence-corrected chi connectivity index (χ3v) is 6.06. The number of aliphatic hydroxyl groups is 1. The van der Waals surface area contributed by atoms with E-state index in [0.29, 0.717) is 18.8 Å². The first-order chi connectivity index (χ1) is 16.8. The Bertz CT molecular complexity index is 1220. The number of hydrogen-bond donors (Lipinski definition) is 4. The summed E-state index contributed by atoms with van der Waals surface area (Å²) in [4.78, 5) is 12.4. The van der Waals surface area contributed by atoms with Gasteiger partial charge in [0.2, 0.25) is 10.0 Å². The van der Waals surface area contributed by atoms with E-state index in [-0.39, 0.29) is 30.4 Å². The van der Waals surface area contributed by atoms with Gasteiger partial charge < -0.3 is 15.7 Å². The highest BCUT2D eigenvalue weighted by Gasteiger charge is 2.16. The number of sulfonamides is 1. The van der Waals surface area contributed by atoms with E-state index in [1.54, 1.807) is 6.07 Å². The number of amides is 1. The van der Waals surface area contributed by atoms with E-state index in [4.69, 9.17) is 0 Å². The van der Waals surface area contributed by atoms with Gasteiger partial charge in [-0.2, -0.15) is 0 Å². The summed E-state index contributed by atoms with van der Waals surface area (Å²) in [6.45, 7) is 3.92. The van der Waals surface area contributed by atoms with Crippen molar-refractivity contribution in [1.82, 2.24) is 10.0 Å². The molecular weight excluding hydrogens is 533 g/mol. The molecule has 0 heterocycles. The quantitative estimate of drug-likeness (QED) is 0.239. The van der Waals surface area contributed by atoms with Gasteiger partial charge in [0.05, 0.1) is 17.9 Å². The smallest absolute Gasteiger partial charge is 0.266 e. The van der Waals surface area contributed by atoms with E-state index in [2.05, 4.69) is 22.8 Å². The zero-order chi connectivity index (χ0) is 25.3. The van der Waals surface area contributed by atoms with Crippen LogP contribution in [0.2, 0.25) is 0 Å². The summed E-state index contributed by atoms with van der Waals surface area (Å²) in [7, 11) is -3.65. The molecule has 0 spiro atoms. The first-order valence-electron chi connectivity index (χ1n) is 11.7. The molecule has 0 saturated heterocycles. The highest BCUT2D eigenvalue weighted by Crippen LogP contribution is 2.26. The highest BCUT2D eigenvalue weighted by atomic mass is 35.5. The molecule has 10 heteroatoms. The molecule has 1 atom stereocenters. The third kappa shape index (κ3) is 10.3. The van der Waals surface area contributed by atoms with Crippen LogP contribution in [0.15, 0.2) is 72.8 Å². The summed E-state index contributed by atoms with van der Waals surface area (Å²) < 4.78 is 25.0. The lowest BCUT2D eigenvalue weighted by atomic mass is 10.00. The van der Waals surface area contributed by atoms with E-state index < -0.39 is 22.0 Å². The van der Waals surface area contributed by atoms with Crippen molar-refractivity contribution in [2.45, 2.75) is 25.9 Å². The molecule has 0 radical (unpaired) electrons. The van der Waals surface area contributed by atoms with Crippen molar-refractivity contribution in [1.29, 1.82) is 0 Å². The minimum Gasteiger partial charge on any atom is -0.387 e. The Morgan fingerprint density at radius 3 is 2.19 bits per heavy atom. The van der Waals surface area contributed by atoms with Crippen LogP contribution < -0.4 is 15.4 Å². The molecule has 0 aromatic heterocycles. The molecule has 202 valence electrons. The van der Waals surface area contributed by atoms with Gasteiger partial charge in [0.25, 0.3) is 5.91 Å². The molecule has 1 amide bonds. The average molecular weight is 569 g/mol. The van der Waals surface area contributed by atoms with Gasteiger partial charge in [-0.25, -0.2) is 13.1 Å². The van der Waals surface area contributed by atoms with Crippen molar-refractivity contribution >= 4 is 46.4 Å². The maximum Gasteiger partial charge on any atom is 0.266 e. The summed E-state index contributed by atoms with van der Waals surface area (Å²) in [5.74, 6) is -0.655. The number of carbonyl (C=O) groups excluding carboxylic acids is 1. The molecule has 7 nitrogen and oxygen atoms in total. The second kappa shape index (κ2) is 15.6. The molecule has 0 aliphatic heterocycles. The van der Waals surface area contributed by atoms with Gasteiger partial charge in [0.15, 0.2) is 0 Å². The van der Waals surface area contributed by atoms with Crippen LogP contribution in [0.1, 0.15) is 40.9 Å². The van der Waals surface area contributed by atoms with Gasteiger partial charge in [-0.05, 0) is 53.8 Å². The molecular formula is C27H35Cl2N3O4S. The number of hydrogen-bond acceptors (Lipinski definition) is 6. The average Bonchev–Trinajstić information content (AvgIpc) is 2.85. The van der Waals surface area contributed by atoms with Crippen molar-refractivity contribution in [2.24, 2.45) is 0 Å². The number of halogens is 2. The highest BCUT2D eigenvalue weighted by molar-refractivity contribution is 7.89. The van der Waals surface area contributed by atoms with Crippen molar-refractivity contribution in [3.63, 3.8) is 0 Å². The van der Waals surface area contributed by atoms with Gasteiger partial charge in [0, 0.05) is 18.8 Å². The van der Waals surface area contributed by atoms with E-state index in [9.17, 15) is 18.3 Å². The summed E-state index contributed by atoms with van der Waals surface area (Å²) in [6.07, 6.45) is 2.12. The largest absolute Gasteiger partial charge is 0.387 e. The van der Waals surface area contributed by atoms with Crippen LogP contribution in [0.3, 0.4) is 0 Å². The predicted molar refractivity (Wildman–Crippen MR) is 155 cm³/mol. The fourth-order valence-electron chi connectivity index (χ4n) is 3.68. The number of benzene rings is 3. The van der Waals surface area contributed by atoms with Crippen LogP contribution in [0, 0.1) is 0 Å². The molecule has 3 aromatic rings. The van der Waals surface area contributed by atoms with Crippen molar-refractivity contribution in [2.75, 3.05) is 31.2 Å². The lowest BCUT2D eigenvalue weighted by Gasteiger charge is -2.14. The normalized spacial score (nSPS) is 11.5. The molecule has 4 N–H and O–H groups in total. The molecule has 0 unspecified atom stereocenters. The zero-order valence-corrected chi connectivity index (χ0v) is 23.4. The molecule has 3 aromatic carbocycles. The Balaban J connectivity index is 0.00000342. The summed E-state index contributed by atoms with van der Waals surface area (Å²) in [5, 5.41) is 16.8. The summed E-state index contributed by atoms with van der Waals surface area (Å²) in [6, 6.07) is 23.1. The van der Waals surface area contributed by atoms with Crippen molar-refractivity contribution < 1.29 is 18.3 Å². The van der Waals surface area contributed by atoms with Crippen LogP contribution in [0.5, 0.6) is 0 Å². The molecule has 0 aliphatic carbocycles. The first-order valence-corrected chi connectivity index (χ1v) is 13.6. The number of aliphatic hydroxyl groups excluding tert-OH is 1. The van der Waals surface area contributed by atoms with Crippen LogP contribution in [-0.2, 0) is 16.4 Å². The van der Waals surface area contributed by atoms with Gasteiger partial charge >= 0.3 is 0 Å². The number of rotatable bonds is 12. The zero-order valence-electron chi connectivity index (χ0n) is 20.9. The first kappa shape index (κ1) is 32.4.